The first kappa shape index (κ1) is 14.0. The number of hydrogen-bond acceptors (Lipinski definition) is 2. The molecule has 6 heteroatoms. The van der Waals surface area contributed by atoms with Gasteiger partial charge in [0.05, 0.1) is 6.54 Å². The number of nitrogens with one attached hydrogen (secondary N) is 1. The second-order valence-electron chi connectivity index (χ2n) is 4.83. The highest BCUT2D eigenvalue weighted by atomic mass is 79.9. The summed E-state index contributed by atoms with van der Waals surface area (Å²) in [5.41, 5.74) is 0.316. The van der Waals surface area contributed by atoms with E-state index >= 15 is 0 Å². The summed E-state index contributed by atoms with van der Waals surface area (Å²) in [7, 11) is 0. The van der Waals surface area contributed by atoms with E-state index in [-0.39, 0.29) is 18.4 Å². The zero-order chi connectivity index (χ0) is 14.2. The molecule has 2 rings (SSSR count). The molecule has 1 aliphatic rings. The van der Waals surface area contributed by atoms with Crippen LogP contribution in [0, 0.1) is 11.7 Å². The first-order chi connectivity index (χ1) is 8.90. The van der Waals surface area contributed by atoms with Crippen molar-refractivity contribution in [2.45, 2.75) is 26.4 Å². The molecule has 0 radical (unpaired) electrons. The second kappa shape index (κ2) is 5.28. The van der Waals surface area contributed by atoms with Crippen LogP contribution >= 0.6 is 15.9 Å². The summed E-state index contributed by atoms with van der Waals surface area (Å²) in [6.07, 6.45) is 0. The highest BCUT2D eigenvalue weighted by molar-refractivity contribution is 9.10. The molecule has 0 aromatic heterocycles. The lowest BCUT2D eigenvalue weighted by molar-refractivity contribution is -0.128. The van der Waals surface area contributed by atoms with Gasteiger partial charge >= 0.3 is 6.03 Å². The van der Waals surface area contributed by atoms with Gasteiger partial charge in [0.1, 0.15) is 11.9 Å². The van der Waals surface area contributed by atoms with Crippen molar-refractivity contribution in [3.8, 4) is 0 Å². The number of urea groups is 1. The number of carbonyl (C=O) groups excluding carboxylic acids is 2. The van der Waals surface area contributed by atoms with Crippen molar-refractivity contribution >= 4 is 27.9 Å². The molecule has 1 fully saturated rings. The minimum atomic E-state index is -0.522. The molecule has 4 nitrogen and oxygen atoms in total. The lowest BCUT2D eigenvalue weighted by Gasteiger charge is -2.15. The second-order valence-corrected chi connectivity index (χ2v) is 5.75. The van der Waals surface area contributed by atoms with Gasteiger partial charge in [-0.05, 0) is 18.1 Å². The Bertz CT molecular complexity index is 533. The van der Waals surface area contributed by atoms with Crippen molar-refractivity contribution in [3.05, 3.63) is 34.1 Å². The summed E-state index contributed by atoms with van der Waals surface area (Å²) < 4.78 is 14.3. The lowest BCUT2D eigenvalue weighted by atomic mass is 10.0. The number of carbonyl (C=O) groups is 2. The quantitative estimate of drug-likeness (QED) is 0.867. The molecular formula is C13H14BrFN2O2. The molecule has 3 amide bonds. The molecule has 102 valence electrons. The van der Waals surface area contributed by atoms with Crippen LogP contribution in [0.4, 0.5) is 9.18 Å². The zero-order valence-corrected chi connectivity index (χ0v) is 12.2. The van der Waals surface area contributed by atoms with E-state index in [9.17, 15) is 14.0 Å². The molecule has 0 saturated carbocycles. The largest absolute Gasteiger partial charge is 0.326 e. The molecular weight excluding hydrogens is 315 g/mol. The summed E-state index contributed by atoms with van der Waals surface area (Å²) in [5, 5.41) is 2.61. The zero-order valence-electron chi connectivity index (χ0n) is 10.6. The van der Waals surface area contributed by atoms with Crippen LogP contribution in [0.3, 0.4) is 0 Å². The maximum absolute atomic E-state index is 13.7. The summed E-state index contributed by atoms with van der Waals surface area (Å²) >= 11 is 3.16. The third-order valence-electron chi connectivity index (χ3n) is 3.07. The van der Waals surface area contributed by atoms with E-state index in [0.29, 0.717) is 10.0 Å². The van der Waals surface area contributed by atoms with Gasteiger partial charge in [0.25, 0.3) is 5.91 Å². The molecule has 1 aromatic carbocycles. The Balaban J connectivity index is 2.19. The number of imide groups is 1. The smallest absolute Gasteiger partial charge is 0.325 e. The average molecular weight is 329 g/mol. The molecule has 1 aromatic rings. The summed E-state index contributed by atoms with van der Waals surface area (Å²) in [5.74, 6) is -0.735. The van der Waals surface area contributed by atoms with Crippen molar-refractivity contribution in [1.82, 2.24) is 10.2 Å². The van der Waals surface area contributed by atoms with E-state index in [1.807, 2.05) is 13.8 Å². The molecule has 0 spiro atoms. The van der Waals surface area contributed by atoms with Crippen LogP contribution < -0.4 is 5.32 Å². The fraction of sp³-hybridized carbons (Fsp3) is 0.385. The van der Waals surface area contributed by atoms with Gasteiger partial charge in [-0.25, -0.2) is 9.18 Å². The van der Waals surface area contributed by atoms with Gasteiger partial charge in [0.15, 0.2) is 0 Å². The maximum Gasteiger partial charge on any atom is 0.325 e. The monoisotopic (exact) mass is 328 g/mol. The standard InChI is InChI=1S/C13H14BrFN2O2/c1-7(2)11-12(18)17(13(19)16-11)6-8-3-4-9(14)5-10(8)15/h3-5,7,11H,6H2,1-2H3,(H,16,19)/t11-/m1/s1. The molecule has 0 aliphatic carbocycles. The summed E-state index contributed by atoms with van der Waals surface area (Å²) in [4.78, 5) is 24.8. The lowest BCUT2D eigenvalue weighted by Crippen LogP contribution is -2.34. The maximum atomic E-state index is 13.7. The summed E-state index contributed by atoms with van der Waals surface area (Å²) in [6.45, 7) is 3.66. The predicted octanol–water partition coefficient (Wildman–Crippen LogP) is 2.66. The van der Waals surface area contributed by atoms with Crippen molar-refractivity contribution < 1.29 is 14.0 Å². The molecule has 0 unspecified atom stereocenters. The van der Waals surface area contributed by atoms with Gasteiger partial charge in [-0.3, -0.25) is 9.69 Å². The molecule has 19 heavy (non-hydrogen) atoms. The average Bonchev–Trinajstić information content (AvgIpc) is 2.60. The Morgan fingerprint density at radius 1 is 1.42 bits per heavy atom. The third kappa shape index (κ3) is 2.78. The van der Waals surface area contributed by atoms with Crippen molar-refractivity contribution in [2.75, 3.05) is 0 Å². The van der Waals surface area contributed by atoms with Gasteiger partial charge in [0, 0.05) is 10.0 Å². The van der Waals surface area contributed by atoms with Crippen LogP contribution in [-0.2, 0) is 11.3 Å². The van der Waals surface area contributed by atoms with Crippen molar-refractivity contribution in [2.24, 2.45) is 5.92 Å². The molecule has 1 N–H and O–H groups in total. The molecule has 1 saturated heterocycles. The van der Waals surface area contributed by atoms with Gasteiger partial charge in [-0.15, -0.1) is 0 Å². The van der Waals surface area contributed by atoms with Gasteiger partial charge in [-0.2, -0.15) is 0 Å². The number of hydrogen-bond donors (Lipinski definition) is 1. The topological polar surface area (TPSA) is 49.4 Å². The number of nitrogens with zero attached hydrogens (tertiary/aromatic N) is 1. The van der Waals surface area contributed by atoms with Crippen LogP contribution in [-0.4, -0.2) is 22.9 Å². The number of benzene rings is 1. The number of halogens is 2. The first-order valence-corrected chi connectivity index (χ1v) is 6.75. The molecule has 1 atom stereocenters. The van der Waals surface area contributed by atoms with Crippen LogP contribution in [0.15, 0.2) is 22.7 Å². The van der Waals surface area contributed by atoms with E-state index in [1.54, 1.807) is 12.1 Å². The Kier molecular flexibility index (Phi) is 3.89. The predicted molar refractivity (Wildman–Crippen MR) is 71.8 cm³/mol. The summed E-state index contributed by atoms with van der Waals surface area (Å²) in [6, 6.07) is 3.56. The van der Waals surface area contributed by atoms with Gasteiger partial charge in [0.2, 0.25) is 0 Å². The van der Waals surface area contributed by atoms with Gasteiger partial charge in [-0.1, -0.05) is 35.8 Å². The van der Waals surface area contributed by atoms with Crippen molar-refractivity contribution in [3.63, 3.8) is 0 Å². The van der Waals surface area contributed by atoms with Crippen LogP contribution in [0.25, 0.3) is 0 Å². The first-order valence-electron chi connectivity index (χ1n) is 5.96. The Labute approximate surface area is 119 Å². The number of amides is 3. The minimum Gasteiger partial charge on any atom is -0.326 e. The highest BCUT2D eigenvalue weighted by Gasteiger charge is 2.39. The third-order valence-corrected chi connectivity index (χ3v) is 3.56. The van der Waals surface area contributed by atoms with Crippen molar-refractivity contribution in [1.29, 1.82) is 0 Å². The molecule has 1 aliphatic heterocycles. The van der Waals surface area contributed by atoms with E-state index in [0.717, 1.165) is 4.90 Å². The Morgan fingerprint density at radius 2 is 2.11 bits per heavy atom. The van der Waals surface area contributed by atoms with E-state index in [1.165, 1.54) is 6.07 Å². The highest BCUT2D eigenvalue weighted by Crippen LogP contribution is 2.20. The minimum absolute atomic E-state index is 0.0104. The fourth-order valence-electron chi connectivity index (χ4n) is 1.96. The molecule has 0 bridgehead atoms. The normalized spacial score (nSPS) is 19.2. The van der Waals surface area contributed by atoms with Crippen LogP contribution in [0.5, 0.6) is 0 Å². The Hall–Kier alpha value is -1.43. The van der Waals surface area contributed by atoms with Gasteiger partial charge < -0.3 is 5.32 Å². The SMILES string of the molecule is CC(C)[C@H]1NC(=O)N(Cc2ccc(Br)cc2F)C1=O. The number of rotatable bonds is 3. The van der Waals surface area contributed by atoms with Crippen LogP contribution in [0.2, 0.25) is 0 Å². The van der Waals surface area contributed by atoms with E-state index in [2.05, 4.69) is 21.2 Å². The fourth-order valence-corrected chi connectivity index (χ4v) is 2.30. The van der Waals surface area contributed by atoms with E-state index < -0.39 is 17.9 Å². The van der Waals surface area contributed by atoms with E-state index in [4.69, 9.17) is 0 Å². The van der Waals surface area contributed by atoms with Crippen LogP contribution in [0.1, 0.15) is 19.4 Å². The molecule has 1 heterocycles. The Morgan fingerprint density at radius 3 is 2.63 bits per heavy atom.